The molecular weight excluding hydrogens is 294 g/mol. The van der Waals surface area contributed by atoms with Crippen LogP contribution in [0.2, 0.25) is 0 Å². The van der Waals surface area contributed by atoms with Gasteiger partial charge in [0.05, 0.1) is 17.3 Å². The number of aryl methyl sites for hydroxylation is 1. The van der Waals surface area contributed by atoms with Gasteiger partial charge in [-0.15, -0.1) is 0 Å². The number of benzene rings is 1. The van der Waals surface area contributed by atoms with Crippen LogP contribution in [0.4, 0.5) is 5.69 Å². The van der Waals surface area contributed by atoms with E-state index in [0.717, 1.165) is 0 Å². The van der Waals surface area contributed by atoms with Crippen LogP contribution in [0.15, 0.2) is 30.7 Å². The molecule has 0 amide bonds. The Morgan fingerprint density at radius 1 is 1.08 bits per heavy atom. The lowest BCUT2D eigenvalue weighted by Crippen LogP contribution is -2.62. The first-order chi connectivity index (χ1) is 11.2. The maximum Gasteiger partial charge on any atom is 0.115 e. The maximum absolute atomic E-state index is 4.78. The van der Waals surface area contributed by atoms with Crippen molar-refractivity contribution < 1.29 is 0 Å². The van der Waals surface area contributed by atoms with E-state index in [1.54, 1.807) is 6.33 Å². The average molecular weight is 321 g/mol. The predicted octanol–water partition coefficient (Wildman–Crippen LogP) is 4.90. The Morgan fingerprint density at radius 2 is 1.79 bits per heavy atom. The second-order valence-corrected chi connectivity index (χ2v) is 8.67. The molecule has 0 saturated heterocycles. The zero-order valence-corrected chi connectivity index (χ0v) is 15.8. The lowest BCUT2D eigenvalue weighted by Gasteiger charge is -2.62. The fourth-order valence-electron chi connectivity index (χ4n) is 5.14. The van der Waals surface area contributed by atoms with Gasteiger partial charge in [0.1, 0.15) is 6.33 Å². The van der Waals surface area contributed by atoms with Crippen molar-refractivity contribution in [1.29, 1.82) is 0 Å². The molecule has 4 rings (SSSR count). The zero-order valence-electron chi connectivity index (χ0n) is 15.8. The Hall–Kier alpha value is -1.90. The van der Waals surface area contributed by atoms with Crippen LogP contribution in [0.5, 0.6) is 0 Å². The lowest BCUT2D eigenvalue weighted by atomic mass is 9.52. The monoisotopic (exact) mass is 321 g/mol. The summed E-state index contributed by atoms with van der Waals surface area (Å²) in [4.78, 5) is 11.7. The molecule has 2 aliphatic rings. The molecule has 0 fully saturated rings. The minimum absolute atomic E-state index is 0.00859. The Labute approximate surface area is 145 Å². The second-order valence-electron chi connectivity index (χ2n) is 8.67. The van der Waals surface area contributed by atoms with Crippen LogP contribution in [0.25, 0.3) is 0 Å². The zero-order chi connectivity index (χ0) is 17.5. The van der Waals surface area contributed by atoms with E-state index in [-0.39, 0.29) is 22.4 Å². The van der Waals surface area contributed by atoms with Gasteiger partial charge in [0.25, 0.3) is 0 Å². The molecule has 2 atom stereocenters. The van der Waals surface area contributed by atoms with Crippen molar-refractivity contribution in [3.8, 4) is 0 Å². The first-order valence-corrected chi connectivity index (χ1v) is 8.85. The van der Waals surface area contributed by atoms with Crippen molar-refractivity contribution in [3.63, 3.8) is 0 Å². The molecule has 3 heterocycles. The SMILES string of the molecule is Cc1cccc2c1N1[C@@H](C)c3cncnc3C1(C)C(C)(C)C2(C)C. The topological polar surface area (TPSA) is 29.0 Å². The average Bonchev–Trinajstić information content (AvgIpc) is 2.77. The number of nitrogens with zero attached hydrogens (tertiary/aromatic N) is 3. The Balaban J connectivity index is 2.15. The largest absolute Gasteiger partial charge is 0.353 e. The quantitative estimate of drug-likeness (QED) is 0.691. The van der Waals surface area contributed by atoms with E-state index < -0.39 is 0 Å². The summed E-state index contributed by atoms with van der Waals surface area (Å²) in [5.41, 5.74) is 6.51. The molecule has 2 aromatic rings. The summed E-state index contributed by atoms with van der Waals surface area (Å²) < 4.78 is 0. The minimum atomic E-state index is -0.159. The summed E-state index contributed by atoms with van der Waals surface area (Å²) in [6.07, 6.45) is 3.72. The van der Waals surface area contributed by atoms with Gasteiger partial charge in [-0.25, -0.2) is 9.97 Å². The van der Waals surface area contributed by atoms with Gasteiger partial charge >= 0.3 is 0 Å². The van der Waals surface area contributed by atoms with Gasteiger partial charge in [-0.05, 0) is 37.3 Å². The molecule has 0 radical (unpaired) electrons. The van der Waals surface area contributed by atoms with Gasteiger partial charge in [0.15, 0.2) is 0 Å². The summed E-state index contributed by atoms with van der Waals surface area (Å²) in [5, 5.41) is 0. The Bertz CT molecular complexity index is 837. The van der Waals surface area contributed by atoms with Crippen molar-refractivity contribution in [3.05, 3.63) is 53.1 Å². The van der Waals surface area contributed by atoms with Crippen LogP contribution in [0.1, 0.15) is 70.0 Å². The predicted molar refractivity (Wildman–Crippen MR) is 98.3 cm³/mol. The first-order valence-electron chi connectivity index (χ1n) is 8.85. The minimum Gasteiger partial charge on any atom is -0.353 e. The van der Waals surface area contributed by atoms with Crippen molar-refractivity contribution in [1.82, 2.24) is 9.97 Å². The third kappa shape index (κ3) is 1.45. The number of hydrogen-bond donors (Lipinski definition) is 0. The molecule has 0 saturated carbocycles. The van der Waals surface area contributed by atoms with E-state index in [1.807, 2.05) is 6.20 Å². The van der Waals surface area contributed by atoms with E-state index in [4.69, 9.17) is 4.98 Å². The van der Waals surface area contributed by atoms with Gasteiger partial charge in [-0.3, -0.25) is 0 Å². The number of anilines is 1. The van der Waals surface area contributed by atoms with Crippen molar-refractivity contribution >= 4 is 5.69 Å². The Kier molecular flexibility index (Phi) is 2.85. The smallest absolute Gasteiger partial charge is 0.115 e. The number of hydrogen-bond acceptors (Lipinski definition) is 3. The molecule has 24 heavy (non-hydrogen) atoms. The summed E-state index contributed by atoms with van der Waals surface area (Å²) in [6.45, 7) is 16.5. The fraction of sp³-hybridized carbons (Fsp3) is 0.524. The molecule has 1 aromatic heterocycles. The number of aromatic nitrogens is 2. The molecule has 1 aromatic carbocycles. The van der Waals surface area contributed by atoms with Crippen LogP contribution in [-0.2, 0) is 11.0 Å². The third-order valence-electron chi connectivity index (χ3n) is 7.45. The van der Waals surface area contributed by atoms with E-state index in [1.165, 1.54) is 28.1 Å². The second kappa shape index (κ2) is 4.38. The van der Waals surface area contributed by atoms with Crippen molar-refractivity contribution in [2.24, 2.45) is 5.41 Å². The molecule has 2 aliphatic heterocycles. The number of para-hydroxylation sites is 1. The van der Waals surface area contributed by atoms with Crippen LogP contribution < -0.4 is 4.90 Å². The van der Waals surface area contributed by atoms with Gasteiger partial charge in [0.2, 0.25) is 0 Å². The van der Waals surface area contributed by atoms with Gasteiger partial charge in [-0.2, -0.15) is 0 Å². The third-order valence-corrected chi connectivity index (χ3v) is 7.45. The lowest BCUT2D eigenvalue weighted by molar-refractivity contribution is 0.0626. The van der Waals surface area contributed by atoms with Gasteiger partial charge in [0, 0.05) is 22.9 Å². The molecule has 3 nitrogen and oxygen atoms in total. The molecular formula is C21H27N3. The summed E-state index contributed by atoms with van der Waals surface area (Å²) in [6, 6.07) is 7.02. The number of rotatable bonds is 0. The molecule has 0 spiro atoms. The van der Waals surface area contributed by atoms with E-state index >= 15 is 0 Å². The molecule has 0 aliphatic carbocycles. The van der Waals surface area contributed by atoms with Crippen molar-refractivity contribution in [2.75, 3.05) is 4.90 Å². The normalized spacial score (nSPS) is 29.0. The molecule has 0 bridgehead atoms. The van der Waals surface area contributed by atoms with Gasteiger partial charge in [-0.1, -0.05) is 45.9 Å². The van der Waals surface area contributed by atoms with E-state index in [9.17, 15) is 0 Å². The highest BCUT2D eigenvalue weighted by Crippen LogP contribution is 2.66. The molecule has 1 unspecified atom stereocenters. The summed E-state index contributed by atoms with van der Waals surface area (Å²) in [5.74, 6) is 0. The van der Waals surface area contributed by atoms with E-state index in [0.29, 0.717) is 0 Å². The van der Waals surface area contributed by atoms with Gasteiger partial charge < -0.3 is 4.90 Å². The highest BCUT2D eigenvalue weighted by Gasteiger charge is 2.64. The fourth-order valence-corrected chi connectivity index (χ4v) is 5.14. The van der Waals surface area contributed by atoms with Crippen LogP contribution in [-0.4, -0.2) is 9.97 Å². The first kappa shape index (κ1) is 15.6. The highest BCUT2D eigenvalue weighted by atomic mass is 15.3. The Morgan fingerprint density at radius 3 is 2.50 bits per heavy atom. The molecule has 0 N–H and O–H groups in total. The van der Waals surface area contributed by atoms with Crippen LogP contribution in [0, 0.1) is 12.3 Å². The van der Waals surface area contributed by atoms with Crippen LogP contribution >= 0.6 is 0 Å². The van der Waals surface area contributed by atoms with Crippen LogP contribution in [0.3, 0.4) is 0 Å². The van der Waals surface area contributed by atoms with Crippen molar-refractivity contribution in [2.45, 2.75) is 65.5 Å². The maximum atomic E-state index is 4.78. The molecule has 126 valence electrons. The molecule has 3 heteroatoms. The van der Waals surface area contributed by atoms with E-state index in [2.05, 4.69) is 76.5 Å². The summed E-state index contributed by atoms with van der Waals surface area (Å²) in [7, 11) is 0. The summed E-state index contributed by atoms with van der Waals surface area (Å²) >= 11 is 0. The number of fused-ring (bicyclic) bond motifs is 5. The standard InChI is InChI=1S/C21H27N3/c1-13-9-8-10-16-17(13)24-14(2)15-11-22-12-23-18(15)21(24,7)20(5,6)19(16,3)4/h8-12,14H,1-7H3/t14-,21?/m0/s1. The highest BCUT2D eigenvalue weighted by molar-refractivity contribution is 5.71.